The van der Waals surface area contributed by atoms with E-state index in [0.29, 0.717) is 25.1 Å². The van der Waals surface area contributed by atoms with E-state index in [1.807, 2.05) is 13.0 Å². The average Bonchev–Trinajstić information content (AvgIpc) is 2.74. The molecule has 1 amide bonds. The first-order valence-corrected chi connectivity index (χ1v) is 12.9. The normalized spacial score (nSPS) is 16.1. The first-order chi connectivity index (χ1) is 16.6. The topological polar surface area (TPSA) is 131 Å². The van der Waals surface area contributed by atoms with E-state index in [0.717, 1.165) is 18.4 Å². The van der Waals surface area contributed by atoms with Crippen molar-refractivity contribution in [2.24, 2.45) is 23.5 Å². The zero-order valence-corrected chi connectivity index (χ0v) is 23.4. The lowest BCUT2D eigenvalue weighted by Gasteiger charge is -2.33. The molecule has 8 nitrogen and oxygen atoms in total. The van der Waals surface area contributed by atoms with Crippen molar-refractivity contribution in [1.82, 2.24) is 5.32 Å². The van der Waals surface area contributed by atoms with Gasteiger partial charge in [0.15, 0.2) is 11.5 Å². The highest BCUT2D eigenvalue weighted by molar-refractivity contribution is 5.85. The molecular weight excluding hydrogens is 460 g/mol. The van der Waals surface area contributed by atoms with Gasteiger partial charge in [0, 0.05) is 13.0 Å². The molecule has 0 aliphatic rings. The fourth-order valence-electron chi connectivity index (χ4n) is 4.12. The number of phenols is 1. The number of ether oxygens (including phenoxy) is 2. The van der Waals surface area contributed by atoms with Crippen molar-refractivity contribution in [3.05, 3.63) is 23.8 Å². The maximum atomic E-state index is 13.2. The van der Waals surface area contributed by atoms with Crippen LogP contribution in [0.1, 0.15) is 79.7 Å². The Balaban J connectivity index is 3.15. The maximum Gasteiger partial charge on any atom is 0.312 e. The zero-order chi connectivity index (χ0) is 27.7. The van der Waals surface area contributed by atoms with Crippen LogP contribution in [0.4, 0.5) is 0 Å². The lowest BCUT2D eigenvalue weighted by Crippen LogP contribution is -2.55. The van der Waals surface area contributed by atoms with Crippen molar-refractivity contribution in [3.63, 3.8) is 0 Å². The summed E-state index contributed by atoms with van der Waals surface area (Å²) >= 11 is 0. The molecule has 0 aromatic heterocycles. The summed E-state index contributed by atoms with van der Waals surface area (Å²) in [4.78, 5) is 25.9. The molecule has 36 heavy (non-hydrogen) atoms. The first-order valence-electron chi connectivity index (χ1n) is 12.9. The molecular formula is C28H48N2O6. The van der Waals surface area contributed by atoms with E-state index in [1.54, 1.807) is 39.8 Å². The van der Waals surface area contributed by atoms with Crippen LogP contribution in [0, 0.1) is 17.8 Å². The van der Waals surface area contributed by atoms with Crippen molar-refractivity contribution in [2.45, 2.75) is 97.8 Å². The van der Waals surface area contributed by atoms with Crippen molar-refractivity contribution in [1.29, 1.82) is 0 Å². The zero-order valence-electron chi connectivity index (χ0n) is 23.4. The highest BCUT2D eigenvalue weighted by Gasteiger charge is 2.39. The highest BCUT2D eigenvalue weighted by atomic mass is 16.6. The maximum absolute atomic E-state index is 13.2. The summed E-state index contributed by atoms with van der Waals surface area (Å²) < 4.78 is 10.8. The Morgan fingerprint density at radius 1 is 1.17 bits per heavy atom. The molecule has 0 saturated heterocycles. The molecule has 0 spiro atoms. The Morgan fingerprint density at radius 2 is 1.81 bits per heavy atom. The van der Waals surface area contributed by atoms with Crippen LogP contribution in [0.25, 0.3) is 0 Å². The summed E-state index contributed by atoms with van der Waals surface area (Å²) in [5.41, 5.74) is 5.12. The number of methoxy groups -OCH3 is 1. The predicted octanol–water partition coefficient (Wildman–Crippen LogP) is 3.95. The second-order valence-corrected chi connectivity index (χ2v) is 11.4. The molecule has 0 aliphatic heterocycles. The third kappa shape index (κ3) is 10.3. The van der Waals surface area contributed by atoms with Crippen LogP contribution in [0.5, 0.6) is 11.5 Å². The van der Waals surface area contributed by atoms with Gasteiger partial charge in [0.2, 0.25) is 5.91 Å². The van der Waals surface area contributed by atoms with Gasteiger partial charge in [-0.2, -0.15) is 0 Å². The molecule has 5 N–H and O–H groups in total. The molecule has 0 saturated carbocycles. The van der Waals surface area contributed by atoms with Crippen LogP contribution in [-0.2, 0) is 20.7 Å². The van der Waals surface area contributed by atoms with Gasteiger partial charge in [0.1, 0.15) is 5.60 Å². The Kier molecular flexibility index (Phi) is 12.2. The van der Waals surface area contributed by atoms with Crippen molar-refractivity contribution in [2.75, 3.05) is 13.7 Å². The lowest BCUT2D eigenvalue weighted by atomic mass is 9.78. The number of aliphatic hydroxyl groups is 1. The van der Waals surface area contributed by atoms with Crippen molar-refractivity contribution < 1.29 is 29.3 Å². The summed E-state index contributed by atoms with van der Waals surface area (Å²) in [6, 6.07) is 5.24. The molecule has 0 heterocycles. The van der Waals surface area contributed by atoms with E-state index in [4.69, 9.17) is 15.2 Å². The average molecular weight is 509 g/mol. The standard InChI is InChI=1S/C28H48N2O6/c1-9-10-13-30-26(34)28(7,29)17-23(32)21(25(33)36-27(4,5)6)16-20(18(2)3)14-19-11-12-24(35-8)22(31)15-19/h11-12,15,18,20-21,23,31-32H,9-10,13-14,16-17,29H2,1-8H3,(H,30,34)/t20-,21+,23+,28-/m1/s1. The number of carbonyl (C=O) groups is 2. The minimum Gasteiger partial charge on any atom is -0.504 e. The quantitative estimate of drug-likeness (QED) is 0.221. The molecule has 0 unspecified atom stereocenters. The van der Waals surface area contributed by atoms with E-state index in [1.165, 1.54) is 7.11 Å². The minimum atomic E-state index is -1.34. The van der Waals surface area contributed by atoms with Crippen LogP contribution < -0.4 is 15.8 Å². The third-order valence-electron chi connectivity index (χ3n) is 6.38. The lowest BCUT2D eigenvalue weighted by molar-refractivity contribution is -0.166. The minimum absolute atomic E-state index is 0.00706. The van der Waals surface area contributed by atoms with Crippen LogP contribution in [0.2, 0.25) is 0 Å². The van der Waals surface area contributed by atoms with Crippen LogP contribution in [0.3, 0.4) is 0 Å². The number of phenolic OH excluding ortho intramolecular Hbond substituents is 1. The number of carbonyl (C=O) groups excluding carboxylic acids is 2. The molecule has 1 aromatic rings. The molecule has 206 valence electrons. The Hall–Kier alpha value is -2.32. The Morgan fingerprint density at radius 3 is 2.31 bits per heavy atom. The highest BCUT2D eigenvalue weighted by Crippen LogP contribution is 2.33. The van der Waals surface area contributed by atoms with Gasteiger partial charge in [-0.05, 0) is 76.5 Å². The van der Waals surface area contributed by atoms with Gasteiger partial charge in [-0.15, -0.1) is 0 Å². The fourth-order valence-corrected chi connectivity index (χ4v) is 4.12. The van der Waals surface area contributed by atoms with E-state index in [2.05, 4.69) is 19.2 Å². The second kappa shape index (κ2) is 13.8. The largest absolute Gasteiger partial charge is 0.504 e. The number of nitrogens with two attached hydrogens (primary N) is 1. The first kappa shape index (κ1) is 31.7. The van der Waals surface area contributed by atoms with Gasteiger partial charge in [-0.3, -0.25) is 9.59 Å². The Bertz CT molecular complexity index is 847. The molecule has 1 aromatic carbocycles. The Labute approximate surface area is 216 Å². The van der Waals surface area contributed by atoms with E-state index < -0.39 is 29.1 Å². The van der Waals surface area contributed by atoms with Gasteiger partial charge in [0.25, 0.3) is 0 Å². The summed E-state index contributed by atoms with van der Waals surface area (Å²) in [6.07, 6.45) is 1.45. The summed E-state index contributed by atoms with van der Waals surface area (Å²) in [5.74, 6) is -1.13. The van der Waals surface area contributed by atoms with Crippen LogP contribution in [0.15, 0.2) is 18.2 Å². The number of hydrogen-bond acceptors (Lipinski definition) is 7. The van der Waals surface area contributed by atoms with Crippen molar-refractivity contribution in [3.8, 4) is 11.5 Å². The van der Waals surface area contributed by atoms with E-state index in [9.17, 15) is 19.8 Å². The predicted molar refractivity (Wildman–Crippen MR) is 142 cm³/mol. The number of hydrogen-bond donors (Lipinski definition) is 4. The van der Waals surface area contributed by atoms with Gasteiger partial charge in [0.05, 0.1) is 24.7 Å². The number of nitrogens with one attached hydrogen (secondary N) is 1. The van der Waals surface area contributed by atoms with E-state index in [-0.39, 0.29) is 29.9 Å². The molecule has 0 aliphatic carbocycles. The second-order valence-electron chi connectivity index (χ2n) is 11.4. The van der Waals surface area contributed by atoms with Gasteiger partial charge in [-0.25, -0.2) is 0 Å². The molecule has 1 rings (SSSR count). The van der Waals surface area contributed by atoms with Crippen molar-refractivity contribution >= 4 is 11.9 Å². The van der Waals surface area contributed by atoms with Gasteiger partial charge < -0.3 is 30.7 Å². The summed E-state index contributed by atoms with van der Waals surface area (Å²) in [6.45, 7) is 13.6. The molecule has 0 fully saturated rings. The summed E-state index contributed by atoms with van der Waals surface area (Å²) in [5, 5.41) is 24.2. The SMILES string of the molecule is CCCCNC(=O)[C@](C)(N)C[C@H](O)[C@H](C[C@@H](Cc1ccc(OC)c(O)c1)C(C)C)C(=O)OC(C)(C)C. The number of unbranched alkanes of at least 4 members (excludes halogenated alkanes) is 1. The van der Waals surface area contributed by atoms with Gasteiger partial charge >= 0.3 is 5.97 Å². The molecule has 0 bridgehead atoms. The number of aromatic hydroxyl groups is 1. The molecule has 0 radical (unpaired) electrons. The number of benzene rings is 1. The molecule has 8 heteroatoms. The fraction of sp³-hybridized carbons (Fsp3) is 0.714. The van der Waals surface area contributed by atoms with E-state index >= 15 is 0 Å². The number of aliphatic hydroxyl groups excluding tert-OH is 1. The summed E-state index contributed by atoms with van der Waals surface area (Å²) in [7, 11) is 1.49. The monoisotopic (exact) mass is 508 g/mol. The number of amides is 1. The number of rotatable bonds is 14. The third-order valence-corrected chi connectivity index (χ3v) is 6.38. The number of esters is 1. The molecule has 4 atom stereocenters. The van der Waals surface area contributed by atoms with Gasteiger partial charge in [-0.1, -0.05) is 33.3 Å². The van der Waals surface area contributed by atoms with Crippen LogP contribution in [-0.4, -0.2) is 53.0 Å². The van der Waals surface area contributed by atoms with Crippen LogP contribution >= 0.6 is 0 Å². The smallest absolute Gasteiger partial charge is 0.312 e.